The normalized spacial score (nSPS) is 12.5. The third-order valence-electron chi connectivity index (χ3n) is 2.39. The fraction of sp³-hybridized carbons (Fsp3) is 0.462. The third kappa shape index (κ3) is 4.97. The van der Waals surface area contributed by atoms with Gasteiger partial charge in [0.25, 0.3) is 0 Å². The van der Waals surface area contributed by atoms with Crippen LogP contribution in [0.2, 0.25) is 0 Å². The fourth-order valence-electron chi connectivity index (χ4n) is 1.57. The van der Waals surface area contributed by atoms with Crippen LogP contribution < -0.4 is 16.4 Å². The van der Waals surface area contributed by atoms with Crippen LogP contribution in [0.4, 0.5) is 5.69 Å². The van der Waals surface area contributed by atoms with E-state index in [1.54, 1.807) is 0 Å². The Kier molecular flexibility index (Phi) is 6.29. The molecule has 0 radical (unpaired) electrons. The van der Waals surface area contributed by atoms with E-state index in [0.29, 0.717) is 6.42 Å². The zero-order chi connectivity index (χ0) is 12.5. The molecular formula is C13H21N3O. The molecule has 0 saturated carbocycles. The van der Waals surface area contributed by atoms with Crippen molar-refractivity contribution in [3.63, 3.8) is 0 Å². The number of carbonyl (C=O) groups is 1. The van der Waals surface area contributed by atoms with Crippen LogP contribution in [0, 0.1) is 0 Å². The highest BCUT2D eigenvalue weighted by Crippen LogP contribution is 2.20. The lowest BCUT2D eigenvalue weighted by Crippen LogP contribution is -2.22. The molecule has 94 valence electrons. The molecule has 0 spiro atoms. The number of carbonyl (C=O) groups excluding carboxylic acids is 1. The summed E-state index contributed by atoms with van der Waals surface area (Å²) in [6.45, 7) is 4.94. The van der Waals surface area contributed by atoms with Crippen LogP contribution in [-0.4, -0.2) is 25.5 Å². The maximum atomic E-state index is 10.8. The molecule has 0 aromatic heterocycles. The highest BCUT2D eigenvalue weighted by Gasteiger charge is 2.15. The molecule has 0 unspecified atom stereocenters. The Bertz CT molecular complexity index is 321. The average molecular weight is 235 g/mol. The molecule has 1 amide bonds. The number of hydrogen-bond donors (Lipinski definition) is 3. The van der Waals surface area contributed by atoms with Gasteiger partial charge in [0.2, 0.25) is 5.91 Å². The maximum absolute atomic E-state index is 10.8. The van der Waals surface area contributed by atoms with E-state index in [4.69, 9.17) is 5.73 Å². The lowest BCUT2D eigenvalue weighted by atomic mass is 10.2. The smallest absolute Gasteiger partial charge is 0.228 e. The van der Waals surface area contributed by atoms with Gasteiger partial charge < -0.3 is 16.4 Å². The fourth-order valence-corrected chi connectivity index (χ4v) is 1.57. The van der Waals surface area contributed by atoms with Gasteiger partial charge >= 0.3 is 0 Å². The van der Waals surface area contributed by atoms with Crippen molar-refractivity contribution in [3.05, 3.63) is 29.8 Å². The van der Waals surface area contributed by atoms with Crippen molar-refractivity contribution in [1.29, 1.82) is 0 Å². The molecule has 1 aliphatic heterocycles. The SMILES string of the molecule is CCCNCCN.O=C1Cc2ccccc2N1. The number of benzene rings is 1. The Morgan fingerprint density at radius 3 is 2.76 bits per heavy atom. The average Bonchev–Trinajstić information content (AvgIpc) is 2.70. The van der Waals surface area contributed by atoms with Crippen LogP contribution in [0.3, 0.4) is 0 Å². The third-order valence-corrected chi connectivity index (χ3v) is 2.39. The van der Waals surface area contributed by atoms with Crippen LogP contribution in [0.1, 0.15) is 18.9 Å². The predicted molar refractivity (Wildman–Crippen MR) is 71.0 cm³/mol. The number of hydrogen-bond acceptors (Lipinski definition) is 3. The Morgan fingerprint density at radius 2 is 2.12 bits per heavy atom. The Hall–Kier alpha value is -1.39. The summed E-state index contributed by atoms with van der Waals surface area (Å²) in [6, 6.07) is 7.75. The standard InChI is InChI=1S/C8H7NO.C5H14N2/c10-8-5-6-3-1-2-4-7(6)9-8;1-2-4-7-5-3-6/h1-4H,5H2,(H,9,10);7H,2-6H2,1H3. The summed E-state index contributed by atoms with van der Waals surface area (Å²) >= 11 is 0. The topological polar surface area (TPSA) is 67.1 Å². The molecular weight excluding hydrogens is 214 g/mol. The number of fused-ring (bicyclic) bond motifs is 1. The molecule has 0 aliphatic carbocycles. The molecule has 1 aliphatic rings. The van der Waals surface area contributed by atoms with Crippen molar-refractivity contribution in [2.24, 2.45) is 5.73 Å². The first-order chi connectivity index (χ1) is 8.27. The van der Waals surface area contributed by atoms with Gasteiger partial charge in [-0.15, -0.1) is 0 Å². The molecule has 0 saturated heterocycles. The summed E-state index contributed by atoms with van der Waals surface area (Å²) < 4.78 is 0. The molecule has 1 aromatic rings. The summed E-state index contributed by atoms with van der Waals surface area (Å²) in [5.41, 5.74) is 7.28. The summed E-state index contributed by atoms with van der Waals surface area (Å²) in [6.07, 6.45) is 1.73. The van der Waals surface area contributed by atoms with Crippen molar-refractivity contribution in [3.8, 4) is 0 Å². The van der Waals surface area contributed by atoms with Crippen molar-refractivity contribution in [1.82, 2.24) is 5.32 Å². The highest BCUT2D eigenvalue weighted by atomic mass is 16.1. The predicted octanol–water partition coefficient (Wildman–Crippen LogP) is 1.13. The summed E-state index contributed by atoms with van der Waals surface area (Å²) in [4.78, 5) is 10.8. The Balaban J connectivity index is 0.000000185. The Morgan fingerprint density at radius 1 is 1.35 bits per heavy atom. The molecule has 1 aromatic carbocycles. The summed E-state index contributed by atoms with van der Waals surface area (Å²) in [7, 11) is 0. The highest BCUT2D eigenvalue weighted by molar-refractivity contribution is 5.98. The minimum Gasteiger partial charge on any atom is -0.329 e. The van der Waals surface area contributed by atoms with Crippen molar-refractivity contribution >= 4 is 11.6 Å². The summed E-state index contributed by atoms with van der Waals surface area (Å²) in [5, 5.41) is 5.92. The second kappa shape index (κ2) is 7.81. The van der Waals surface area contributed by atoms with Crippen LogP contribution in [0.15, 0.2) is 24.3 Å². The summed E-state index contributed by atoms with van der Waals surface area (Å²) in [5.74, 6) is 0.0983. The lowest BCUT2D eigenvalue weighted by molar-refractivity contribution is -0.115. The number of nitrogens with two attached hydrogens (primary N) is 1. The van der Waals surface area contributed by atoms with E-state index >= 15 is 0 Å². The zero-order valence-electron chi connectivity index (χ0n) is 10.3. The first kappa shape index (κ1) is 13.7. The number of anilines is 1. The van der Waals surface area contributed by atoms with Crippen molar-refractivity contribution in [2.75, 3.05) is 25.0 Å². The van der Waals surface area contributed by atoms with Crippen LogP contribution >= 0.6 is 0 Å². The van der Waals surface area contributed by atoms with Crippen molar-refractivity contribution < 1.29 is 4.79 Å². The van der Waals surface area contributed by atoms with Crippen LogP contribution in [-0.2, 0) is 11.2 Å². The largest absolute Gasteiger partial charge is 0.329 e. The van der Waals surface area contributed by atoms with Crippen molar-refractivity contribution in [2.45, 2.75) is 19.8 Å². The van der Waals surface area contributed by atoms with Gasteiger partial charge in [-0.3, -0.25) is 4.79 Å². The van der Waals surface area contributed by atoms with E-state index in [0.717, 1.165) is 30.9 Å². The van der Waals surface area contributed by atoms with Gasteiger partial charge in [0.15, 0.2) is 0 Å². The number of amides is 1. The van der Waals surface area contributed by atoms with E-state index in [1.165, 1.54) is 6.42 Å². The molecule has 2 rings (SSSR count). The van der Waals surface area contributed by atoms with Gasteiger partial charge in [0.1, 0.15) is 0 Å². The molecule has 17 heavy (non-hydrogen) atoms. The van der Waals surface area contributed by atoms with Gasteiger partial charge in [-0.1, -0.05) is 25.1 Å². The number of nitrogens with one attached hydrogen (secondary N) is 2. The lowest BCUT2D eigenvalue weighted by Gasteiger charge is -1.95. The van der Waals surface area contributed by atoms with Gasteiger partial charge in [-0.05, 0) is 24.6 Å². The van der Waals surface area contributed by atoms with E-state index in [9.17, 15) is 4.79 Å². The molecule has 4 heteroatoms. The Labute approximate surface area is 103 Å². The molecule has 0 bridgehead atoms. The van der Waals surface area contributed by atoms with Gasteiger partial charge in [-0.2, -0.15) is 0 Å². The number of rotatable bonds is 4. The molecule has 0 fully saturated rings. The minimum absolute atomic E-state index is 0.0983. The minimum atomic E-state index is 0.0983. The maximum Gasteiger partial charge on any atom is 0.228 e. The first-order valence-electron chi connectivity index (χ1n) is 6.06. The zero-order valence-corrected chi connectivity index (χ0v) is 10.3. The van der Waals surface area contributed by atoms with Crippen LogP contribution in [0.25, 0.3) is 0 Å². The van der Waals surface area contributed by atoms with Gasteiger partial charge in [0, 0.05) is 18.8 Å². The molecule has 1 heterocycles. The van der Waals surface area contributed by atoms with E-state index in [1.807, 2.05) is 24.3 Å². The van der Waals surface area contributed by atoms with E-state index < -0.39 is 0 Å². The quantitative estimate of drug-likeness (QED) is 0.685. The van der Waals surface area contributed by atoms with Crippen LogP contribution in [0.5, 0.6) is 0 Å². The second-order valence-corrected chi connectivity index (χ2v) is 3.92. The second-order valence-electron chi connectivity index (χ2n) is 3.92. The first-order valence-corrected chi connectivity index (χ1v) is 6.06. The molecule has 4 N–H and O–H groups in total. The van der Waals surface area contributed by atoms with Gasteiger partial charge in [-0.25, -0.2) is 0 Å². The molecule has 4 nitrogen and oxygen atoms in total. The van der Waals surface area contributed by atoms with Gasteiger partial charge in [0.05, 0.1) is 6.42 Å². The van der Waals surface area contributed by atoms with E-state index in [-0.39, 0.29) is 5.91 Å². The van der Waals surface area contributed by atoms with E-state index in [2.05, 4.69) is 17.6 Å². The number of para-hydroxylation sites is 1. The monoisotopic (exact) mass is 235 g/mol. The molecule has 0 atom stereocenters.